The van der Waals surface area contributed by atoms with Crippen LogP contribution in [0.4, 0.5) is 0 Å². The lowest BCUT2D eigenvalue weighted by molar-refractivity contribution is -0.118. The average Bonchev–Trinajstić information content (AvgIpc) is 3.11. The van der Waals surface area contributed by atoms with Gasteiger partial charge in [-0.15, -0.1) is 0 Å². The SMILES string of the molecule is Cn1cc(C2=NCc3cc(CC(=O)CCC4CCC4)ncc32)cn1. The fraction of sp³-hybridized carbons (Fsp3) is 0.474. The Balaban J connectivity index is 1.42. The first-order valence-corrected chi connectivity index (χ1v) is 8.72. The third-order valence-electron chi connectivity index (χ3n) is 5.12. The third-order valence-corrected chi connectivity index (χ3v) is 5.12. The molecule has 5 heteroatoms. The van der Waals surface area contributed by atoms with E-state index in [1.165, 1.54) is 19.3 Å². The Kier molecular flexibility index (Phi) is 4.00. The summed E-state index contributed by atoms with van der Waals surface area (Å²) < 4.78 is 1.78. The molecule has 1 aliphatic heterocycles. The van der Waals surface area contributed by atoms with Crippen molar-refractivity contribution < 1.29 is 4.79 Å². The van der Waals surface area contributed by atoms with Crippen LogP contribution in [0.1, 0.15) is 54.5 Å². The minimum Gasteiger partial charge on any atom is -0.299 e. The first-order chi connectivity index (χ1) is 11.7. The lowest BCUT2D eigenvalue weighted by atomic mass is 9.81. The number of pyridine rings is 1. The van der Waals surface area contributed by atoms with Crippen molar-refractivity contribution in [2.24, 2.45) is 18.0 Å². The first kappa shape index (κ1) is 15.2. The highest BCUT2D eigenvalue weighted by atomic mass is 16.1. The number of fused-ring (bicyclic) bond motifs is 1. The lowest BCUT2D eigenvalue weighted by Gasteiger charge is -2.24. The molecule has 0 amide bonds. The zero-order chi connectivity index (χ0) is 16.5. The summed E-state index contributed by atoms with van der Waals surface area (Å²) in [5.74, 6) is 1.10. The van der Waals surface area contributed by atoms with Crippen LogP contribution in [0, 0.1) is 5.92 Å². The summed E-state index contributed by atoms with van der Waals surface area (Å²) in [6.45, 7) is 0.658. The van der Waals surface area contributed by atoms with E-state index in [-0.39, 0.29) is 0 Å². The van der Waals surface area contributed by atoms with Crippen LogP contribution in [0.15, 0.2) is 29.6 Å². The summed E-state index contributed by atoms with van der Waals surface area (Å²) in [5.41, 5.74) is 5.06. The second-order valence-corrected chi connectivity index (χ2v) is 6.95. The molecule has 0 unspecified atom stereocenters. The third kappa shape index (κ3) is 3.03. The number of aromatic nitrogens is 3. The molecule has 2 aliphatic rings. The van der Waals surface area contributed by atoms with Gasteiger partial charge in [0, 0.05) is 49.1 Å². The molecule has 0 radical (unpaired) electrons. The molecule has 1 fully saturated rings. The summed E-state index contributed by atoms with van der Waals surface area (Å²) in [6, 6.07) is 2.05. The summed E-state index contributed by atoms with van der Waals surface area (Å²) in [4.78, 5) is 21.3. The van der Waals surface area contributed by atoms with Crippen molar-refractivity contribution in [3.63, 3.8) is 0 Å². The summed E-state index contributed by atoms with van der Waals surface area (Å²) in [6.07, 6.45) is 11.8. The van der Waals surface area contributed by atoms with Gasteiger partial charge in [0.2, 0.25) is 0 Å². The Labute approximate surface area is 141 Å². The van der Waals surface area contributed by atoms with E-state index < -0.39 is 0 Å². The van der Waals surface area contributed by atoms with Gasteiger partial charge in [0.1, 0.15) is 5.78 Å². The van der Waals surface area contributed by atoms with Gasteiger partial charge in [0.25, 0.3) is 0 Å². The Morgan fingerprint density at radius 3 is 2.92 bits per heavy atom. The highest BCUT2D eigenvalue weighted by Crippen LogP contribution is 2.30. The van der Waals surface area contributed by atoms with E-state index in [9.17, 15) is 4.79 Å². The largest absolute Gasteiger partial charge is 0.299 e. The minimum absolute atomic E-state index is 0.306. The number of aryl methyl sites for hydroxylation is 1. The van der Waals surface area contributed by atoms with Crippen molar-refractivity contribution in [1.82, 2.24) is 14.8 Å². The first-order valence-electron chi connectivity index (χ1n) is 8.72. The predicted octanol–water partition coefficient (Wildman–Crippen LogP) is 2.86. The van der Waals surface area contributed by atoms with Gasteiger partial charge >= 0.3 is 0 Å². The molecule has 0 spiro atoms. The van der Waals surface area contributed by atoms with Crippen LogP contribution in [-0.4, -0.2) is 26.3 Å². The standard InChI is InChI=1S/C19H22N4O/c1-23-12-15(10-22-23)19-18-11-20-16(7-14(18)9-21-19)8-17(24)6-5-13-3-2-4-13/h7,10-13H,2-6,8-9H2,1H3. The van der Waals surface area contributed by atoms with Crippen LogP contribution in [0.2, 0.25) is 0 Å². The van der Waals surface area contributed by atoms with Gasteiger partial charge in [-0.3, -0.25) is 19.5 Å². The Hall–Kier alpha value is -2.30. The molecule has 124 valence electrons. The minimum atomic E-state index is 0.306. The topological polar surface area (TPSA) is 60.1 Å². The van der Waals surface area contributed by atoms with E-state index in [1.807, 2.05) is 31.7 Å². The number of Topliss-reactive ketones (excluding diaryl/α,β-unsaturated/α-hetero) is 1. The summed E-state index contributed by atoms with van der Waals surface area (Å²) >= 11 is 0. The molecule has 1 saturated carbocycles. The van der Waals surface area contributed by atoms with E-state index in [0.29, 0.717) is 25.2 Å². The zero-order valence-electron chi connectivity index (χ0n) is 14.0. The highest BCUT2D eigenvalue weighted by Gasteiger charge is 2.21. The lowest BCUT2D eigenvalue weighted by Crippen LogP contribution is -2.14. The summed E-state index contributed by atoms with van der Waals surface area (Å²) in [7, 11) is 1.90. The molecule has 0 bridgehead atoms. The molecule has 2 aromatic heterocycles. The molecule has 0 N–H and O–H groups in total. The summed E-state index contributed by atoms with van der Waals surface area (Å²) in [5, 5.41) is 4.21. The van der Waals surface area contributed by atoms with Gasteiger partial charge in [-0.1, -0.05) is 19.3 Å². The maximum Gasteiger partial charge on any atom is 0.138 e. The average molecular weight is 322 g/mol. The van der Waals surface area contributed by atoms with Gasteiger partial charge < -0.3 is 0 Å². The molecular weight excluding hydrogens is 300 g/mol. The molecule has 2 aromatic rings. The van der Waals surface area contributed by atoms with Gasteiger partial charge in [-0.05, 0) is 24.0 Å². The fourth-order valence-corrected chi connectivity index (χ4v) is 3.46. The number of hydrogen-bond donors (Lipinski definition) is 0. The van der Waals surface area contributed by atoms with E-state index in [0.717, 1.165) is 40.4 Å². The van der Waals surface area contributed by atoms with Crippen LogP contribution in [0.3, 0.4) is 0 Å². The molecule has 5 nitrogen and oxygen atoms in total. The van der Waals surface area contributed by atoms with Gasteiger partial charge in [-0.2, -0.15) is 5.10 Å². The predicted molar refractivity (Wildman–Crippen MR) is 92.1 cm³/mol. The molecule has 24 heavy (non-hydrogen) atoms. The molecule has 3 heterocycles. The highest BCUT2D eigenvalue weighted by molar-refractivity contribution is 6.14. The van der Waals surface area contributed by atoms with Crippen LogP contribution < -0.4 is 0 Å². The quantitative estimate of drug-likeness (QED) is 0.821. The molecule has 0 aromatic carbocycles. The van der Waals surface area contributed by atoms with E-state index in [2.05, 4.69) is 15.1 Å². The number of rotatable bonds is 6. The maximum atomic E-state index is 12.2. The van der Waals surface area contributed by atoms with Crippen molar-refractivity contribution >= 4 is 11.5 Å². The van der Waals surface area contributed by atoms with Gasteiger partial charge in [0.05, 0.1) is 18.5 Å². The van der Waals surface area contributed by atoms with E-state index in [4.69, 9.17) is 0 Å². The molecule has 0 saturated heterocycles. The second kappa shape index (κ2) is 6.30. The van der Waals surface area contributed by atoms with Crippen molar-refractivity contribution in [3.8, 4) is 0 Å². The Morgan fingerprint density at radius 2 is 2.21 bits per heavy atom. The number of aliphatic imine (C=N–C) groups is 1. The van der Waals surface area contributed by atoms with Gasteiger partial charge in [0.15, 0.2) is 0 Å². The molecular formula is C19H22N4O. The van der Waals surface area contributed by atoms with Crippen molar-refractivity contribution in [3.05, 3.63) is 47.0 Å². The van der Waals surface area contributed by atoms with Gasteiger partial charge in [-0.25, -0.2) is 0 Å². The van der Waals surface area contributed by atoms with Crippen molar-refractivity contribution in [1.29, 1.82) is 0 Å². The van der Waals surface area contributed by atoms with Crippen molar-refractivity contribution in [2.45, 2.75) is 45.1 Å². The number of ketones is 1. The van der Waals surface area contributed by atoms with Crippen LogP contribution >= 0.6 is 0 Å². The smallest absolute Gasteiger partial charge is 0.138 e. The molecule has 0 atom stereocenters. The number of hydrogen-bond acceptors (Lipinski definition) is 4. The van der Waals surface area contributed by atoms with Crippen LogP contribution in [0.5, 0.6) is 0 Å². The van der Waals surface area contributed by atoms with E-state index >= 15 is 0 Å². The monoisotopic (exact) mass is 322 g/mol. The zero-order valence-corrected chi connectivity index (χ0v) is 14.0. The fourth-order valence-electron chi connectivity index (χ4n) is 3.46. The number of nitrogens with zero attached hydrogens (tertiary/aromatic N) is 4. The normalized spacial score (nSPS) is 16.6. The molecule has 1 aliphatic carbocycles. The second-order valence-electron chi connectivity index (χ2n) is 6.95. The Morgan fingerprint density at radius 1 is 1.33 bits per heavy atom. The van der Waals surface area contributed by atoms with E-state index in [1.54, 1.807) is 4.68 Å². The number of carbonyl (C=O) groups excluding carboxylic acids is 1. The molecule has 4 rings (SSSR count). The number of carbonyl (C=O) groups is 1. The Bertz CT molecular complexity index is 801. The van der Waals surface area contributed by atoms with Crippen LogP contribution in [-0.2, 0) is 24.8 Å². The maximum absolute atomic E-state index is 12.2. The van der Waals surface area contributed by atoms with Crippen LogP contribution in [0.25, 0.3) is 0 Å². The van der Waals surface area contributed by atoms with Crippen molar-refractivity contribution in [2.75, 3.05) is 0 Å².